The number of guanidine groups is 1. The molecule has 0 fully saturated rings. The number of nitrogens with one attached hydrogen (secondary N) is 1. The summed E-state index contributed by atoms with van der Waals surface area (Å²) in [4.78, 5) is 0. The normalized spacial score (nSPS) is 18.4. The summed E-state index contributed by atoms with van der Waals surface area (Å²) in [7, 11) is 0. The topological polar surface area (TPSA) is 109 Å². The quantitative estimate of drug-likeness (QED) is 0.421. The van der Waals surface area contributed by atoms with Gasteiger partial charge in [-0.25, -0.2) is 5.48 Å². The highest BCUT2D eigenvalue weighted by molar-refractivity contribution is 6.31. The molecule has 25 heavy (non-hydrogen) atoms. The first-order valence-corrected chi connectivity index (χ1v) is 7.84. The first-order valence-electron chi connectivity index (χ1n) is 7.46. The van der Waals surface area contributed by atoms with E-state index >= 15 is 0 Å². The molecule has 1 atom stereocenters. The van der Waals surface area contributed by atoms with Crippen molar-refractivity contribution in [2.45, 2.75) is 25.7 Å². The monoisotopic (exact) mass is 380 g/mol. The van der Waals surface area contributed by atoms with Gasteiger partial charge in [-0.1, -0.05) is 29.8 Å². The van der Waals surface area contributed by atoms with E-state index in [1.807, 2.05) is 31.2 Å². The molecule has 1 heterocycles. The Morgan fingerprint density at radius 2 is 2.12 bits per heavy atom. The number of fused-ring (bicyclic) bond motifs is 1. The van der Waals surface area contributed by atoms with Gasteiger partial charge >= 0.3 is 0 Å². The number of benzene rings is 1. The lowest BCUT2D eigenvalue weighted by molar-refractivity contribution is 0.232. The van der Waals surface area contributed by atoms with Crippen molar-refractivity contribution >= 4 is 35.7 Å². The largest absolute Gasteiger partial charge is 0.367 e. The van der Waals surface area contributed by atoms with Crippen LogP contribution in [0.3, 0.4) is 0 Å². The highest BCUT2D eigenvalue weighted by Crippen LogP contribution is 2.36. The number of aryl methyl sites for hydroxylation is 1. The third-order valence-electron chi connectivity index (χ3n) is 4.02. The maximum atomic E-state index is 8.77. The fraction of sp³-hybridized carbons (Fsp3) is 0.250. The van der Waals surface area contributed by atoms with Crippen LogP contribution in [0.15, 0.2) is 40.7 Å². The molecule has 1 aromatic carbocycles. The van der Waals surface area contributed by atoms with E-state index in [2.05, 4.69) is 20.4 Å². The van der Waals surface area contributed by atoms with Crippen molar-refractivity contribution in [3.05, 3.63) is 57.9 Å². The van der Waals surface area contributed by atoms with Crippen molar-refractivity contribution < 1.29 is 5.21 Å². The number of nitrogens with two attached hydrogens (primary N) is 1. The molecule has 1 aliphatic carbocycles. The molecular formula is C16H18Cl2N6O. The summed E-state index contributed by atoms with van der Waals surface area (Å²) >= 11 is 6.35. The average Bonchev–Trinajstić information content (AvgIpc) is 2.59. The molecule has 1 aromatic heterocycles. The zero-order chi connectivity index (χ0) is 17.1. The lowest BCUT2D eigenvalue weighted by Gasteiger charge is -2.26. The Morgan fingerprint density at radius 1 is 1.36 bits per heavy atom. The highest BCUT2D eigenvalue weighted by Gasteiger charge is 2.28. The van der Waals surface area contributed by atoms with Crippen molar-refractivity contribution in [3.8, 4) is 0 Å². The number of halogens is 2. The van der Waals surface area contributed by atoms with Crippen LogP contribution in [0.25, 0.3) is 0 Å². The lowest BCUT2D eigenvalue weighted by Crippen LogP contribution is -2.28. The number of nitrogens with zero attached hydrogens (tertiary/aromatic N) is 4. The van der Waals surface area contributed by atoms with Crippen LogP contribution >= 0.6 is 24.0 Å². The average molecular weight is 381 g/mol. The SMILES string of the molecule is Cc1cnnc2c1/C(=N/N=C(\N)NO)CC(c1ccccc1Cl)C2.Cl. The van der Waals surface area contributed by atoms with Crippen molar-refractivity contribution in [2.75, 3.05) is 0 Å². The lowest BCUT2D eigenvalue weighted by atomic mass is 9.80. The van der Waals surface area contributed by atoms with Crippen molar-refractivity contribution in [1.29, 1.82) is 0 Å². The van der Waals surface area contributed by atoms with Gasteiger partial charge in [0.15, 0.2) is 0 Å². The molecule has 4 N–H and O–H groups in total. The predicted octanol–water partition coefficient (Wildman–Crippen LogP) is 2.59. The Bertz CT molecular complexity index is 824. The van der Waals surface area contributed by atoms with Crippen LogP contribution in [-0.4, -0.2) is 27.1 Å². The number of hydroxylamine groups is 1. The first kappa shape index (κ1) is 19.1. The first-order chi connectivity index (χ1) is 11.6. The third-order valence-corrected chi connectivity index (χ3v) is 4.36. The van der Waals surface area contributed by atoms with Gasteiger partial charge in [-0.05, 0) is 42.9 Å². The van der Waals surface area contributed by atoms with Gasteiger partial charge in [0.2, 0.25) is 5.96 Å². The molecule has 3 rings (SSSR count). The molecular weight excluding hydrogens is 363 g/mol. The fourth-order valence-corrected chi connectivity index (χ4v) is 3.25. The summed E-state index contributed by atoms with van der Waals surface area (Å²) in [6.07, 6.45) is 3.07. The van der Waals surface area contributed by atoms with Gasteiger partial charge in [0.25, 0.3) is 0 Å². The second-order valence-corrected chi connectivity index (χ2v) is 6.03. The summed E-state index contributed by atoms with van der Waals surface area (Å²) in [6.45, 7) is 1.95. The van der Waals surface area contributed by atoms with Crippen LogP contribution in [-0.2, 0) is 6.42 Å². The fourth-order valence-electron chi connectivity index (χ4n) is 2.96. The van der Waals surface area contributed by atoms with Crippen LogP contribution in [0.2, 0.25) is 5.02 Å². The molecule has 9 heteroatoms. The van der Waals surface area contributed by atoms with E-state index in [0.717, 1.165) is 34.5 Å². The Balaban J connectivity index is 0.00000225. The van der Waals surface area contributed by atoms with E-state index in [-0.39, 0.29) is 24.3 Å². The number of hydrogen-bond acceptors (Lipinski definition) is 5. The summed E-state index contributed by atoms with van der Waals surface area (Å²) in [5, 5.41) is 25.8. The van der Waals surface area contributed by atoms with Gasteiger partial charge in [-0.3, -0.25) is 5.21 Å². The van der Waals surface area contributed by atoms with E-state index < -0.39 is 0 Å². The van der Waals surface area contributed by atoms with E-state index in [4.69, 9.17) is 22.5 Å². The molecule has 1 unspecified atom stereocenters. The third kappa shape index (κ3) is 4.07. The van der Waals surface area contributed by atoms with Gasteiger partial charge in [0.05, 0.1) is 17.6 Å². The molecule has 0 spiro atoms. The standard InChI is InChI=1S/C16H17ClN6O.ClH/c1-9-8-19-20-13-6-10(11-4-2-3-5-12(11)17)7-14(15(9)13)21-22-16(18)23-24;/h2-5,8,10,24H,6-7H2,1H3,(H3,18,22,23);1H/b21-14+;. The van der Waals surface area contributed by atoms with Gasteiger partial charge in [0.1, 0.15) is 0 Å². The minimum absolute atomic E-state index is 0. The second-order valence-electron chi connectivity index (χ2n) is 5.62. The molecule has 7 nitrogen and oxygen atoms in total. The molecule has 0 saturated carbocycles. The summed E-state index contributed by atoms with van der Waals surface area (Å²) in [6, 6.07) is 7.74. The van der Waals surface area contributed by atoms with Gasteiger partial charge in [-0.2, -0.15) is 15.3 Å². The molecule has 0 amide bonds. The van der Waals surface area contributed by atoms with Crippen LogP contribution in [0.4, 0.5) is 0 Å². The van der Waals surface area contributed by atoms with Gasteiger partial charge in [0, 0.05) is 10.6 Å². The smallest absolute Gasteiger partial charge is 0.237 e. The second kappa shape index (κ2) is 8.24. The highest BCUT2D eigenvalue weighted by atomic mass is 35.5. The minimum Gasteiger partial charge on any atom is -0.367 e. The van der Waals surface area contributed by atoms with Crippen molar-refractivity contribution in [2.24, 2.45) is 15.9 Å². The molecule has 0 bridgehead atoms. The molecule has 0 saturated heterocycles. The van der Waals surface area contributed by atoms with E-state index in [1.54, 1.807) is 11.7 Å². The van der Waals surface area contributed by atoms with E-state index in [0.29, 0.717) is 11.4 Å². The number of hydrogen-bond donors (Lipinski definition) is 3. The summed E-state index contributed by atoms with van der Waals surface area (Å²) in [5.41, 5.74) is 11.8. The van der Waals surface area contributed by atoms with Crippen LogP contribution in [0.5, 0.6) is 0 Å². The van der Waals surface area contributed by atoms with Crippen LogP contribution < -0.4 is 11.2 Å². The molecule has 1 aliphatic rings. The zero-order valence-corrected chi connectivity index (χ0v) is 15.1. The maximum absolute atomic E-state index is 8.77. The number of aromatic nitrogens is 2. The minimum atomic E-state index is -0.177. The Kier molecular flexibility index (Phi) is 6.30. The summed E-state index contributed by atoms with van der Waals surface area (Å²) in [5.74, 6) is -0.0526. The Hall–Kier alpha value is -2.22. The molecule has 0 radical (unpaired) electrons. The van der Waals surface area contributed by atoms with Gasteiger partial charge in [-0.15, -0.1) is 17.5 Å². The van der Waals surface area contributed by atoms with E-state index in [9.17, 15) is 0 Å². The molecule has 132 valence electrons. The maximum Gasteiger partial charge on any atom is 0.237 e. The van der Waals surface area contributed by atoms with Crippen LogP contribution in [0.1, 0.15) is 34.7 Å². The van der Waals surface area contributed by atoms with E-state index in [1.165, 1.54) is 0 Å². The van der Waals surface area contributed by atoms with Gasteiger partial charge < -0.3 is 5.73 Å². The van der Waals surface area contributed by atoms with Crippen molar-refractivity contribution in [1.82, 2.24) is 15.7 Å². The van der Waals surface area contributed by atoms with Crippen molar-refractivity contribution in [3.63, 3.8) is 0 Å². The number of rotatable bonds is 2. The Labute approximate surface area is 156 Å². The Morgan fingerprint density at radius 3 is 2.84 bits per heavy atom. The summed E-state index contributed by atoms with van der Waals surface area (Å²) < 4.78 is 0. The molecule has 2 aromatic rings. The zero-order valence-electron chi connectivity index (χ0n) is 13.5. The predicted molar refractivity (Wildman–Crippen MR) is 99.6 cm³/mol. The van der Waals surface area contributed by atoms with Crippen LogP contribution in [0, 0.1) is 6.92 Å². The molecule has 0 aliphatic heterocycles.